The van der Waals surface area contributed by atoms with Crippen molar-refractivity contribution in [1.82, 2.24) is 0 Å². The average Bonchev–Trinajstić information content (AvgIpc) is 2.28. The van der Waals surface area contributed by atoms with E-state index in [1.54, 1.807) is 11.8 Å². The SMILES string of the molecule is CC1(CCc2ccccc2)CSCC(=O)O1. The van der Waals surface area contributed by atoms with E-state index in [1.165, 1.54) is 5.56 Å². The Morgan fingerprint density at radius 3 is 2.81 bits per heavy atom. The number of benzene rings is 1. The normalized spacial score (nSPS) is 25.2. The van der Waals surface area contributed by atoms with Crippen molar-refractivity contribution in [2.75, 3.05) is 11.5 Å². The third-order valence-corrected chi connectivity index (χ3v) is 4.03. The standard InChI is InChI=1S/C13H16O2S/c1-13(10-16-9-12(14)15-13)8-7-11-5-3-2-4-6-11/h2-6H,7-10H2,1H3. The number of ether oxygens (including phenoxy) is 1. The summed E-state index contributed by atoms with van der Waals surface area (Å²) in [7, 11) is 0. The van der Waals surface area contributed by atoms with Crippen molar-refractivity contribution >= 4 is 17.7 Å². The number of hydrogen-bond donors (Lipinski definition) is 0. The maximum absolute atomic E-state index is 11.2. The fourth-order valence-corrected chi connectivity index (χ4v) is 2.82. The second kappa shape index (κ2) is 4.91. The first-order chi connectivity index (χ1) is 7.68. The Labute approximate surface area is 100 Å². The number of cyclic esters (lactones) is 1. The largest absolute Gasteiger partial charge is 0.458 e. The summed E-state index contributed by atoms with van der Waals surface area (Å²) in [5.74, 6) is 1.33. The summed E-state index contributed by atoms with van der Waals surface area (Å²) >= 11 is 1.67. The predicted molar refractivity (Wildman–Crippen MR) is 66.6 cm³/mol. The molecule has 86 valence electrons. The molecule has 0 radical (unpaired) electrons. The molecule has 0 N–H and O–H groups in total. The van der Waals surface area contributed by atoms with Crippen LogP contribution in [0.25, 0.3) is 0 Å². The lowest BCUT2D eigenvalue weighted by atomic mass is 9.98. The van der Waals surface area contributed by atoms with Gasteiger partial charge in [-0.25, -0.2) is 0 Å². The minimum absolute atomic E-state index is 0.0770. The third kappa shape index (κ3) is 3.01. The average molecular weight is 236 g/mol. The first kappa shape index (κ1) is 11.5. The Morgan fingerprint density at radius 1 is 1.38 bits per heavy atom. The van der Waals surface area contributed by atoms with E-state index >= 15 is 0 Å². The van der Waals surface area contributed by atoms with Gasteiger partial charge in [0, 0.05) is 5.75 Å². The molecular weight excluding hydrogens is 220 g/mol. The van der Waals surface area contributed by atoms with E-state index in [4.69, 9.17) is 4.74 Å². The molecule has 1 aliphatic heterocycles. The second-order valence-corrected chi connectivity index (χ2v) is 5.39. The van der Waals surface area contributed by atoms with Crippen LogP contribution in [0.4, 0.5) is 0 Å². The number of aryl methyl sites for hydroxylation is 1. The fourth-order valence-electron chi connectivity index (χ4n) is 1.86. The summed E-state index contributed by atoms with van der Waals surface area (Å²) in [6.45, 7) is 2.03. The lowest BCUT2D eigenvalue weighted by molar-refractivity contribution is -0.154. The predicted octanol–water partition coefficient (Wildman–Crippen LogP) is 2.67. The smallest absolute Gasteiger partial charge is 0.316 e. The van der Waals surface area contributed by atoms with Gasteiger partial charge in [0.25, 0.3) is 0 Å². The molecule has 0 saturated carbocycles. The number of carbonyl (C=O) groups is 1. The number of esters is 1. The molecule has 1 aromatic carbocycles. The zero-order valence-corrected chi connectivity index (χ0v) is 10.3. The van der Waals surface area contributed by atoms with Crippen molar-refractivity contribution < 1.29 is 9.53 Å². The second-order valence-electron chi connectivity index (χ2n) is 4.40. The molecule has 2 nitrogen and oxygen atoms in total. The van der Waals surface area contributed by atoms with Gasteiger partial charge in [-0.05, 0) is 25.3 Å². The Kier molecular flexibility index (Phi) is 3.54. The first-order valence-electron chi connectivity index (χ1n) is 5.51. The van der Waals surface area contributed by atoms with Crippen LogP contribution in [0.2, 0.25) is 0 Å². The van der Waals surface area contributed by atoms with Gasteiger partial charge >= 0.3 is 5.97 Å². The van der Waals surface area contributed by atoms with Crippen LogP contribution in [0.1, 0.15) is 18.9 Å². The van der Waals surface area contributed by atoms with Crippen molar-refractivity contribution in [3.63, 3.8) is 0 Å². The molecule has 1 saturated heterocycles. The molecule has 2 rings (SSSR count). The Morgan fingerprint density at radius 2 is 2.12 bits per heavy atom. The Balaban J connectivity index is 1.91. The van der Waals surface area contributed by atoms with E-state index in [0.717, 1.165) is 18.6 Å². The van der Waals surface area contributed by atoms with Crippen LogP contribution in [0.5, 0.6) is 0 Å². The lowest BCUT2D eigenvalue weighted by Crippen LogP contribution is -2.39. The van der Waals surface area contributed by atoms with Crippen molar-refractivity contribution in [3.05, 3.63) is 35.9 Å². The fraction of sp³-hybridized carbons (Fsp3) is 0.462. The molecule has 0 aromatic heterocycles. The zero-order valence-electron chi connectivity index (χ0n) is 9.44. The molecule has 1 aliphatic rings. The van der Waals surface area contributed by atoms with Crippen LogP contribution in [-0.2, 0) is 16.0 Å². The van der Waals surface area contributed by atoms with Crippen LogP contribution in [0, 0.1) is 0 Å². The topological polar surface area (TPSA) is 26.3 Å². The summed E-state index contributed by atoms with van der Waals surface area (Å²) in [5, 5.41) is 0. The van der Waals surface area contributed by atoms with Crippen LogP contribution in [0.3, 0.4) is 0 Å². The monoisotopic (exact) mass is 236 g/mol. The van der Waals surface area contributed by atoms with Gasteiger partial charge in [-0.15, -0.1) is 11.8 Å². The molecule has 1 atom stereocenters. The zero-order chi connectivity index (χ0) is 11.4. The van der Waals surface area contributed by atoms with Gasteiger partial charge in [0.1, 0.15) is 5.60 Å². The van der Waals surface area contributed by atoms with E-state index in [9.17, 15) is 4.79 Å². The summed E-state index contributed by atoms with van der Waals surface area (Å²) in [5.41, 5.74) is 1.02. The van der Waals surface area contributed by atoms with Crippen LogP contribution in [0.15, 0.2) is 30.3 Å². The maximum Gasteiger partial charge on any atom is 0.316 e. The Hall–Kier alpha value is -0.960. The third-order valence-electron chi connectivity index (χ3n) is 2.77. The molecule has 16 heavy (non-hydrogen) atoms. The molecule has 1 unspecified atom stereocenters. The van der Waals surface area contributed by atoms with Crippen molar-refractivity contribution in [2.24, 2.45) is 0 Å². The highest BCUT2D eigenvalue weighted by Gasteiger charge is 2.32. The molecule has 0 spiro atoms. The summed E-state index contributed by atoms with van der Waals surface area (Å²) in [6, 6.07) is 10.3. The van der Waals surface area contributed by atoms with E-state index in [-0.39, 0.29) is 11.6 Å². The molecule has 1 aromatic rings. The number of hydrogen-bond acceptors (Lipinski definition) is 3. The van der Waals surface area contributed by atoms with Gasteiger partial charge in [-0.1, -0.05) is 30.3 Å². The number of thioether (sulfide) groups is 1. The number of carbonyl (C=O) groups excluding carboxylic acids is 1. The van der Waals surface area contributed by atoms with E-state index < -0.39 is 0 Å². The van der Waals surface area contributed by atoms with Crippen molar-refractivity contribution in [2.45, 2.75) is 25.4 Å². The summed E-state index contributed by atoms with van der Waals surface area (Å²) < 4.78 is 5.44. The maximum atomic E-state index is 11.2. The van der Waals surface area contributed by atoms with Gasteiger partial charge in [0.15, 0.2) is 0 Å². The van der Waals surface area contributed by atoms with E-state index in [2.05, 4.69) is 12.1 Å². The molecular formula is C13H16O2S. The van der Waals surface area contributed by atoms with E-state index in [1.807, 2.05) is 25.1 Å². The van der Waals surface area contributed by atoms with Crippen molar-refractivity contribution in [1.29, 1.82) is 0 Å². The highest BCUT2D eigenvalue weighted by atomic mass is 32.2. The lowest BCUT2D eigenvalue weighted by Gasteiger charge is -2.32. The molecule has 3 heteroatoms. The van der Waals surface area contributed by atoms with Gasteiger partial charge in [0.2, 0.25) is 0 Å². The number of rotatable bonds is 3. The minimum Gasteiger partial charge on any atom is -0.458 e. The molecule has 0 aliphatic carbocycles. The first-order valence-corrected chi connectivity index (χ1v) is 6.67. The highest BCUT2D eigenvalue weighted by molar-refractivity contribution is 8.00. The van der Waals surface area contributed by atoms with Crippen LogP contribution in [-0.4, -0.2) is 23.1 Å². The van der Waals surface area contributed by atoms with Gasteiger partial charge in [-0.3, -0.25) is 4.79 Å². The highest BCUT2D eigenvalue weighted by Crippen LogP contribution is 2.28. The molecule has 0 amide bonds. The Bertz CT molecular complexity index is 363. The summed E-state index contributed by atoms with van der Waals surface area (Å²) in [6.07, 6.45) is 1.86. The van der Waals surface area contributed by atoms with Crippen molar-refractivity contribution in [3.8, 4) is 0 Å². The minimum atomic E-state index is -0.282. The summed E-state index contributed by atoms with van der Waals surface area (Å²) in [4.78, 5) is 11.2. The quantitative estimate of drug-likeness (QED) is 0.755. The van der Waals surface area contributed by atoms with Crippen LogP contribution >= 0.6 is 11.8 Å². The van der Waals surface area contributed by atoms with Gasteiger partial charge < -0.3 is 4.74 Å². The van der Waals surface area contributed by atoms with Gasteiger partial charge in [0.05, 0.1) is 5.75 Å². The molecule has 0 bridgehead atoms. The van der Waals surface area contributed by atoms with Gasteiger partial charge in [-0.2, -0.15) is 0 Å². The molecule has 1 fully saturated rings. The van der Waals surface area contributed by atoms with Crippen LogP contribution < -0.4 is 0 Å². The van der Waals surface area contributed by atoms with E-state index in [0.29, 0.717) is 5.75 Å². The molecule has 1 heterocycles.